The van der Waals surface area contributed by atoms with Crippen LogP contribution in [-0.4, -0.2) is 55.8 Å². The Morgan fingerprint density at radius 2 is 1.82 bits per heavy atom. The van der Waals surface area contributed by atoms with Gasteiger partial charge in [0.2, 0.25) is 10.0 Å². The molecule has 0 saturated carbocycles. The summed E-state index contributed by atoms with van der Waals surface area (Å²) >= 11 is 0. The molecule has 0 radical (unpaired) electrons. The van der Waals surface area contributed by atoms with Gasteiger partial charge in [-0.05, 0) is 55.4 Å². The molecule has 4 rings (SSSR count). The molecule has 6 nitrogen and oxygen atoms in total. The highest BCUT2D eigenvalue weighted by molar-refractivity contribution is 7.89. The Hall–Kier alpha value is -1.60. The molecule has 1 aromatic rings. The van der Waals surface area contributed by atoms with Gasteiger partial charge in [-0.2, -0.15) is 4.31 Å². The number of nitrogens with zero attached hydrogens (tertiary/aromatic N) is 2. The molecule has 1 aromatic carbocycles. The van der Waals surface area contributed by atoms with Crippen LogP contribution in [0.15, 0.2) is 23.1 Å². The topological polar surface area (TPSA) is 66.9 Å². The van der Waals surface area contributed by atoms with Crippen molar-refractivity contribution in [3.05, 3.63) is 23.8 Å². The van der Waals surface area contributed by atoms with Crippen molar-refractivity contribution < 1.29 is 17.9 Å². The maximum Gasteiger partial charge on any atom is 0.264 e. The number of piperidine rings is 1. The SMILES string of the molecule is CC1CCCN(C(=O)C2Cc3cc(S(=O)(=O)N4CCCCCC4)ccc3O2)C1. The lowest BCUT2D eigenvalue weighted by molar-refractivity contribution is -0.139. The fourth-order valence-electron chi connectivity index (χ4n) is 4.55. The molecule has 7 heteroatoms. The normalized spacial score (nSPS) is 26.4. The van der Waals surface area contributed by atoms with Gasteiger partial charge in [-0.25, -0.2) is 8.42 Å². The van der Waals surface area contributed by atoms with E-state index >= 15 is 0 Å². The van der Waals surface area contributed by atoms with Gasteiger partial charge in [0.1, 0.15) is 5.75 Å². The predicted molar refractivity (Wildman–Crippen MR) is 107 cm³/mol. The number of ether oxygens (including phenoxy) is 1. The molecule has 3 heterocycles. The van der Waals surface area contributed by atoms with Gasteiger partial charge in [-0.15, -0.1) is 0 Å². The molecule has 0 aliphatic carbocycles. The number of sulfonamides is 1. The fraction of sp³-hybridized carbons (Fsp3) is 0.667. The van der Waals surface area contributed by atoms with Gasteiger partial charge in [0.05, 0.1) is 4.90 Å². The second kappa shape index (κ2) is 8.03. The van der Waals surface area contributed by atoms with E-state index in [2.05, 4.69) is 6.92 Å². The third kappa shape index (κ3) is 3.92. The summed E-state index contributed by atoms with van der Waals surface area (Å²) in [5.74, 6) is 1.18. The molecule has 0 aromatic heterocycles. The van der Waals surface area contributed by atoms with Crippen molar-refractivity contribution >= 4 is 15.9 Å². The second-order valence-electron chi connectivity index (χ2n) is 8.43. The van der Waals surface area contributed by atoms with E-state index < -0.39 is 16.1 Å². The molecule has 2 unspecified atom stereocenters. The van der Waals surface area contributed by atoms with Gasteiger partial charge in [0.25, 0.3) is 5.91 Å². The third-order valence-electron chi connectivity index (χ3n) is 6.15. The molecule has 154 valence electrons. The van der Waals surface area contributed by atoms with Crippen LogP contribution in [0.2, 0.25) is 0 Å². The maximum absolute atomic E-state index is 13.0. The van der Waals surface area contributed by atoms with E-state index in [0.717, 1.165) is 57.2 Å². The van der Waals surface area contributed by atoms with E-state index in [1.165, 1.54) is 0 Å². The number of fused-ring (bicyclic) bond motifs is 1. The first-order valence-corrected chi connectivity index (χ1v) is 12.0. The predicted octanol–water partition coefficient (Wildman–Crippen LogP) is 2.81. The number of amides is 1. The van der Waals surface area contributed by atoms with Crippen molar-refractivity contribution in [3.63, 3.8) is 0 Å². The first-order chi connectivity index (χ1) is 13.4. The highest BCUT2D eigenvalue weighted by Crippen LogP contribution is 2.33. The van der Waals surface area contributed by atoms with Crippen molar-refractivity contribution in [1.82, 2.24) is 9.21 Å². The van der Waals surface area contributed by atoms with Crippen molar-refractivity contribution in [2.75, 3.05) is 26.2 Å². The fourth-order valence-corrected chi connectivity index (χ4v) is 6.12. The molecule has 3 aliphatic rings. The average molecular weight is 407 g/mol. The smallest absolute Gasteiger partial charge is 0.264 e. The van der Waals surface area contributed by atoms with Crippen LogP contribution in [0.5, 0.6) is 5.75 Å². The standard InChI is InChI=1S/C21H30N2O4S/c1-16-7-6-10-22(15-16)21(24)20-14-17-13-18(8-9-19(17)27-20)28(25,26)23-11-4-2-3-5-12-23/h8-9,13,16,20H,2-7,10-12,14-15H2,1H3. The van der Waals surface area contributed by atoms with E-state index in [0.29, 0.717) is 36.1 Å². The summed E-state index contributed by atoms with van der Waals surface area (Å²) in [6, 6.07) is 5.04. The van der Waals surface area contributed by atoms with Crippen LogP contribution >= 0.6 is 0 Å². The summed E-state index contributed by atoms with van der Waals surface area (Å²) in [5, 5.41) is 0. The molecule has 2 atom stereocenters. The minimum atomic E-state index is -3.49. The van der Waals surface area contributed by atoms with Crippen LogP contribution in [0.3, 0.4) is 0 Å². The summed E-state index contributed by atoms with van der Waals surface area (Å²) in [6.07, 6.45) is 6.11. The van der Waals surface area contributed by atoms with E-state index in [9.17, 15) is 13.2 Å². The summed E-state index contributed by atoms with van der Waals surface area (Å²) in [7, 11) is -3.49. The number of carbonyl (C=O) groups excluding carboxylic acids is 1. The summed E-state index contributed by atoms with van der Waals surface area (Å²) < 4.78 is 33.6. The van der Waals surface area contributed by atoms with Crippen molar-refractivity contribution in [2.45, 2.75) is 62.9 Å². The Morgan fingerprint density at radius 3 is 2.54 bits per heavy atom. The minimum Gasteiger partial charge on any atom is -0.480 e. The molecule has 2 fully saturated rings. The van der Waals surface area contributed by atoms with Crippen LogP contribution in [0, 0.1) is 5.92 Å². The Morgan fingerprint density at radius 1 is 1.07 bits per heavy atom. The molecular formula is C21H30N2O4S. The highest BCUT2D eigenvalue weighted by atomic mass is 32.2. The number of rotatable bonds is 3. The number of hydrogen-bond acceptors (Lipinski definition) is 4. The van der Waals surface area contributed by atoms with Crippen LogP contribution in [0.1, 0.15) is 51.0 Å². The van der Waals surface area contributed by atoms with E-state index in [-0.39, 0.29) is 5.91 Å². The molecule has 3 aliphatic heterocycles. The monoisotopic (exact) mass is 406 g/mol. The lowest BCUT2D eigenvalue weighted by Crippen LogP contribution is -2.45. The van der Waals surface area contributed by atoms with Gasteiger partial charge in [-0.1, -0.05) is 19.8 Å². The molecule has 0 bridgehead atoms. The van der Waals surface area contributed by atoms with Crippen molar-refractivity contribution in [1.29, 1.82) is 0 Å². The Bertz CT molecular complexity index is 831. The zero-order valence-corrected chi connectivity index (χ0v) is 17.4. The van der Waals surface area contributed by atoms with Gasteiger partial charge in [0, 0.05) is 32.6 Å². The largest absolute Gasteiger partial charge is 0.480 e. The maximum atomic E-state index is 13.0. The summed E-state index contributed by atoms with van der Waals surface area (Å²) in [4.78, 5) is 15.1. The number of hydrogen-bond donors (Lipinski definition) is 0. The highest BCUT2D eigenvalue weighted by Gasteiger charge is 2.35. The van der Waals surface area contributed by atoms with Gasteiger partial charge >= 0.3 is 0 Å². The zero-order valence-electron chi connectivity index (χ0n) is 16.6. The molecular weight excluding hydrogens is 376 g/mol. The third-order valence-corrected chi connectivity index (χ3v) is 8.05. The van der Waals surface area contributed by atoms with Crippen molar-refractivity contribution in [2.24, 2.45) is 5.92 Å². The minimum absolute atomic E-state index is 0.0275. The molecule has 1 amide bonds. The second-order valence-corrected chi connectivity index (χ2v) is 10.4. The quantitative estimate of drug-likeness (QED) is 0.774. The Kier molecular flexibility index (Phi) is 5.65. The first-order valence-electron chi connectivity index (χ1n) is 10.5. The Balaban J connectivity index is 1.49. The molecule has 0 N–H and O–H groups in total. The van der Waals surface area contributed by atoms with Crippen LogP contribution < -0.4 is 4.74 Å². The lowest BCUT2D eigenvalue weighted by Gasteiger charge is -2.32. The van der Waals surface area contributed by atoms with E-state index in [1.54, 1.807) is 22.5 Å². The van der Waals surface area contributed by atoms with Crippen LogP contribution in [-0.2, 0) is 21.2 Å². The summed E-state index contributed by atoms with van der Waals surface area (Å²) in [6.45, 7) is 4.91. The van der Waals surface area contributed by atoms with Crippen LogP contribution in [0.25, 0.3) is 0 Å². The lowest BCUT2D eigenvalue weighted by atomic mass is 9.99. The molecule has 0 spiro atoms. The zero-order chi connectivity index (χ0) is 19.7. The molecule has 28 heavy (non-hydrogen) atoms. The molecule has 2 saturated heterocycles. The number of benzene rings is 1. The summed E-state index contributed by atoms with van der Waals surface area (Å²) in [5.41, 5.74) is 0.819. The van der Waals surface area contributed by atoms with Gasteiger partial charge in [0.15, 0.2) is 6.10 Å². The number of likely N-dealkylation sites (tertiary alicyclic amines) is 1. The van der Waals surface area contributed by atoms with E-state index in [1.807, 2.05) is 4.90 Å². The van der Waals surface area contributed by atoms with Crippen molar-refractivity contribution in [3.8, 4) is 5.75 Å². The van der Waals surface area contributed by atoms with Gasteiger partial charge < -0.3 is 9.64 Å². The average Bonchev–Trinajstić information content (AvgIpc) is 2.91. The van der Waals surface area contributed by atoms with Crippen LogP contribution in [0.4, 0.5) is 0 Å². The van der Waals surface area contributed by atoms with Gasteiger partial charge in [-0.3, -0.25) is 4.79 Å². The number of carbonyl (C=O) groups is 1. The first kappa shape index (κ1) is 19.7. The Labute approximate surface area is 167 Å². The van der Waals surface area contributed by atoms with E-state index in [4.69, 9.17) is 4.74 Å².